The fourth-order valence-electron chi connectivity index (χ4n) is 1.71. The Bertz CT molecular complexity index is 457. The summed E-state index contributed by atoms with van der Waals surface area (Å²) in [4.78, 5) is 4.45. The van der Waals surface area contributed by atoms with Crippen LogP contribution in [0.3, 0.4) is 0 Å². The number of hydrogen-bond acceptors (Lipinski definition) is 2. The summed E-state index contributed by atoms with van der Waals surface area (Å²) >= 11 is 0. The van der Waals surface area contributed by atoms with Crippen LogP contribution in [0.4, 0.5) is 5.69 Å². The second-order valence-electron chi connectivity index (χ2n) is 4.24. The molecule has 0 radical (unpaired) electrons. The highest BCUT2D eigenvalue weighted by Gasteiger charge is 2.05. The van der Waals surface area contributed by atoms with Crippen molar-refractivity contribution in [2.45, 2.75) is 20.3 Å². The first-order chi connectivity index (χ1) is 7.20. The average Bonchev–Trinajstić information content (AvgIpc) is 2.60. The van der Waals surface area contributed by atoms with Crippen molar-refractivity contribution < 1.29 is 0 Å². The number of nitrogens with one attached hydrogen (secondary N) is 1. The van der Waals surface area contributed by atoms with Gasteiger partial charge in [0.1, 0.15) is 5.82 Å². The SMILES string of the molecule is CNc1ccc2cnc(CC(C)C)n2c1. The number of hydrogen-bond donors (Lipinski definition) is 1. The van der Waals surface area contributed by atoms with Gasteiger partial charge in [-0.2, -0.15) is 0 Å². The van der Waals surface area contributed by atoms with E-state index in [9.17, 15) is 0 Å². The summed E-state index contributed by atoms with van der Waals surface area (Å²) < 4.78 is 2.16. The van der Waals surface area contributed by atoms with Crippen LogP contribution in [0.2, 0.25) is 0 Å². The van der Waals surface area contributed by atoms with E-state index in [-0.39, 0.29) is 0 Å². The number of aromatic nitrogens is 2. The zero-order valence-corrected chi connectivity index (χ0v) is 9.49. The van der Waals surface area contributed by atoms with Gasteiger partial charge in [0.2, 0.25) is 0 Å². The van der Waals surface area contributed by atoms with Crippen LogP contribution in [0.15, 0.2) is 24.5 Å². The predicted octanol–water partition coefficient (Wildman–Crippen LogP) is 2.57. The van der Waals surface area contributed by atoms with Crippen molar-refractivity contribution in [2.24, 2.45) is 5.92 Å². The highest BCUT2D eigenvalue weighted by Crippen LogP contribution is 2.14. The molecular weight excluding hydrogens is 186 g/mol. The van der Waals surface area contributed by atoms with Crippen LogP contribution in [0.25, 0.3) is 5.52 Å². The zero-order chi connectivity index (χ0) is 10.8. The van der Waals surface area contributed by atoms with Crippen LogP contribution in [0, 0.1) is 5.92 Å². The monoisotopic (exact) mass is 203 g/mol. The lowest BCUT2D eigenvalue weighted by molar-refractivity contribution is 0.619. The maximum Gasteiger partial charge on any atom is 0.113 e. The minimum absolute atomic E-state index is 0.633. The molecule has 0 spiro atoms. The Balaban J connectivity index is 2.46. The molecule has 0 amide bonds. The Labute approximate surface area is 90.1 Å². The van der Waals surface area contributed by atoms with E-state index >= 15 is 0 Å². The molecule has 0 aliphatic heterocycles. The fraction of sp³-hybridized carbons (Fsp3) is 0.417. The maximum atomic E-state index is 4.45. The van der Waals surface area contributed by atoms with Crippen LogP contribution in [0.5, 0.6) is 0 Å². The molecule has 0 fully saturated rings. The molecular formula is C12H17N3. The van der Waals surface area contributed by atoms with Gasteiger partial charge in [0.05, 0.1) is 17.4 Å². The molecule has 0 aliphatic carbocycles. The van der Waals surface area contributed by atoms with Crippen LogP contribution in [0.1, 0.15) is 19.7 Å². The van der Waals surface area contributed by atoms with E-state index in [4.69, 9.17) is 0 Å². The van der Waals surface area contributed by atoms with Gasteiger partial charge in [-0.25, -0.2) is 4.98 Å². The van der Waals surface area contributed by atoms with Crippen molar-refractivity contribution in [3.05, 3.63) is 30.4 Å². The molecule has 0 saturated carbocycles. The molecule has 3 nitrogen and oxygen atoms in total. The van der Waals surface area contributed by atoms with Gasteiger partial charge in [-0.05, 0) is 18.1 Å². The molecule has 1 N–H and O–H groups in total. The molecule has 15 heavy (non-hydrogen) atoms. The predicted molar refractivity (Wildman–Crippen MR) is 63.3 cm³/mol. The second kappa shape index (κ2) is 3.93. The van der Waals surface area contributed by atoms with Crippen molar-refractivity contribution >= 4 is 11.2 Å². The Morgan fingerprint density at radius 3 is 2.87 bits per heavy atom. The Kier molecular flexibility index (Phi) is 2.62. The minimum Gasteiger partial charge on any atom is -0.387 e. The fourth-order valence-corrected chi connectivity index (χ4v) is 1.71. The largest absolute Gasteiger partial charge is 0.387 e. The second-order valence-corrected chi connectivity index (χ2v) is 4.24. The van der Waals surface area contributed by atoms with Crippen molar-refractivity contribution in [3.63, 3.8) is 0 Å². The normalized spacial score (nSPS) is 11.2. The third kappa shape index (κ3) is 1.96. The Morgan fingerprint density at radius 2 is 2.20 bits per heavy atom. The summed E-state index contributed by atoms with van der Waals surface area (Å²) in [5.74, 6) is 1.77. The average molecular weight is 203 g/mol. The molecule has 2 heterocycles. The molecule has 0 unspecified atom stereocenters. The van der Waals surface area contributed by atoms with Crippen molar-refractivity contribution in [3.8, 4) is 0 Å². The summed E-state index contributed by atoms with van der Waals surface area (Å²) in [5, 5.41) is 3.14. The highest BCUT2D eigenvalue weighted by atomic mass is 15.0. The number of imidazole rings is 1. The molecule has 0 atom stereocenters. The molecule has 0 saturated heterocycles. The third-order valence-corrected chi connectivity index (χ3v) is 2.48. The molecule has 0 aliphatic rings. The first-order valence-electron chi connectivity index (χ1n) is 5.34. The lowest BCUT2D eigenvalue weighted by Crippen LogP contribution is -2.01. The lowest BCUT2D eigenvalue weighted by atomic mass is 10.1. The molecule has 2 aromatic rings. The number of rotatable bonds is 3. The number of pyridine rings is 1. The highest BCUT2D eigenvalue weighted by molar-refractivity contribution is 5.53. The molecule has 2 rings (SSSR count). The van der Waals surface area contributed by atoms with Crippen LogP contribution in [-0.4, -0.2) is 16.4 Å². The number of nitrogens with zero attached hydrogens (tertiary/aromatic N) is 2. The lowest BCUT2D eigenvalue weighted by Gasteiger charge is -2.06. The quantitative estimate of drug-likeness (QED) is 0.830. The van der Waals surface area contributed by atoms with Crippen LogP contribution >= 0.6 is 0 Å². The summed E-state index contributed by atoms with van der Waals surface area (Å²) in [6.45, 7) is 4.42. The smallest absolute Gasteiger partial charge is 0.113 e. The van der Waals surface area contributed by atoms with Crippen LogP contribution < -0.4 is 5.32 Å². The summed E-state index contributed by atoms with van der Waals surface area (Å²) in [6, 6.07) is 4.15. The summed E-state index contributed by atoms with van der Waals surface area (Å²) in [5.41, 5.74) is 2.27. The van der Waals surface area contributed by atoms with Gasteiger partial charge in [-0.3, -0.25) is 0 Å². The van der Waals surface area contributed by atoms with E-state index in [0.29, 0.717) is 5.92 Å². The van der Waals surface area contributed by atoms with E-state index in [1.165, 1.54) is 0 Å². The van der Waals surface area contributed by atoms with Crippen molar-refractivity contribution in [1.82, 2.24) is 9.38 Å². The first-order valence-corrected chi connectivity index (χ1v) is 5.34. The van der Waals surface area contributed by atoms with Crippen molar-refractivity contribution in [1.29, 1.82) is 0 Å². The molecule has 0 bridgehead atoms. The maximum absolute atomic E-state index is 4.45. The molecule has 80 valence electrons. The van der Waals surface area contributed by atoms with Gasteiger partial charge in [-0.1, -0.05) is 13.8 Å². The Morgan fingerprint density at radius 1 is 1.40 bits per heavy atom. The number of fused-ring (bicyclic) bond motifs is 1. The summed E-state index contributed by atoms with van der Waals surface area (Å²) in [7, 11) is 1.93. The summed E-state index contributed by atoms with van der Waals surface area (Å²) in [6.07, 6.45) is 5.04. The standard InChI is InChI=1S/C12H17N3/c1-9(2)6-12-14-7-11-5-4-10(13-3)8-15(11)12/h4-5,7-9,13H,6H2,1-3H3. The van der Waals surface area contributed by atoms with E-state index in [0.717, 1.165) is 23.4 Å². The van der Waals surface area contributed by atoms with Gasteiger partial charge < -0.3 is 9.72 Å². The van der Waals surface area contributed by atoms with E-state index in [1.807, 2.05) is 13.2 Å². The Hall–Kier alpha value is -1.51. The molecule has 2 aromatic heterocycles. The first kappa shape index (κ1) is 10.0. The van der Waals surface area contributed by atoms with Gasteiger partial charge in [0, 0.05) is 19.7 Å². The van der Waals surface area contributed by atoms with Crippen LogP contribution in [-0.2, 0) is 6.42 Å². The van der Waals surface area contributed by atoms with E-state index in [1.54, 1.807) is 0 Å². The van der Waals surface area contributed by atoms with E-state index in [2.05, 4.69) is 46.9 Å². The number of anilines is 1. The molecule has 3 heteroatoms. The third-order valence-electron chi connectivity index (χ3n) is 2.48. The van der Waals surface area contributed by atoms with Gasteiger partial charge in [-0.15, -0.1) is 0 Å². The topological polar surface area (TPSA) is 29.3 Å². The minimum atomic E-state index is 0.633. The van der Waals surface area contributed by atoms with E-state index < -0.39 is 0 Å². The zero-order valence-electron chi connectivity index (χ0n) is 9.49. The van der Waals surface area contributed by atoms with Gasteiger partial charge >= 0.3 is 0 Å². The van der Waals surface area contributed by atoms with Gasteiger partial charge in [0.25, 0.3) is 0 Å². The van der Waals surface area contributed by atoms with Gasteiger partial charge in [0.15, 0.2) is 0 Å². The molecule has 0 aromatic carbocycles. The van der Waals surface area contributed by atoms with Crippen molar-refractivity contribution in [2.75, 3.05) is 12.4 Å².